The molecule has 146 valence electrons. The largest absolute Gasteiger partial charge is 0.493 e. The van der Waals surface area contributed by atoms with Crippen molar-refractivity contribution in [1.82, 2.24) is 9.97 Å². The number of carbonyl (C=O) groups excluding carboxylic acids is 1. The zero-order valence-electron chi connectivity index (χ0n) is 15.5. The summed E-state index contributed by atoms with van der Waals surface area (Å²) in [6.45, 7) is -0.123. The topological polar surface area (TPSA) is 90.5 Å². The van der Waals surface area contributed by atoms with Gasteiger partial charge in [0.05, 0.1) is 25.1 Å². The predicted molar refractivity (Wildman–Crippen MR) is 105 cm³/mol. The number of aryl methyl sites for hydroxylation is 1. The van der Waals surface area contributed by atoms with E-state index < -0.39 is 5.97 Å². The van der Waals surface area contributed by atoms with Gasteiger partial charge in [-0.05, 0) is 36.2 Å². The minimum Gasteiger partial charge on any atom is -0.493 e. The van der Waals surface area contributed by atoms with E-state index >= 15 is 0 Å². The Hall–Kier alpha value is -3.06. The summed E-state index contributed by atoms with van der Waals surface area (Å²) in [4.78, 5) is 31.1. The Labute approximate surface area is 166 Å². The van der Waals surface area contributed by atoms with Crippen LogP contribution in [0.15, 0.2) is 41.2 Å². The molecular weight excluding hydrogens is 384 g/mol. The number of ether oxygens (including phenoxy) is 3. The molecule has 3 rings (SSSR count). The van der Waals surface area contributed by atoms with Crippen LogP contribution in [0.3, 0.4) is 0 Å². The minimum absolute atomic E-state index is 0.123. The van der Waals surface area contributed by atoms with E-state index in [2.05, 4.69) is 9.97 Å². The molecule has 2 aromatic carbocycles. The third kappa shape index (κ3) is 4.43. The second-order valence-electron chi connectivity index (χ2n) is 5.99. The molecule has 1 N–H and O–H groups in total. The van der Waals surface area contributed by atoms with Crippen molar-refractivity contribution in [3.05, 3.63) is 63.2 Å². The molecule has 0 aliphatic rings. The number of nitrogens with zero attached hydrogens (tertiary/aromatic N) is 1. The van der Waals surface area contributed by atoms with Crippen molar-refractivity contribution in [2.45, 2.75) is 19.4 Å². The Bertz CT molecular complexity index is 1060. The van der Waals surface area contributed by atoms with E-state index in [1.807, 2.05) is 12.1 Å². The van der Waals surface area contributed by atoms with Gasteiger partial charge in [-0.3, -0.25) is 9.59 Å². The van der Waals surface area contributed by atoms with Crippen LogP contribution in [0.4, 0.5) is 0 Å². The molecule has 0 radical (unpaired) electrons. The van der Waals surface area contributed by atoms with E-state index in [1.54, 1.807) is 38.5 Å². The van der Waals surface area contributed by atoms with Gasteiger partial charge in [0.2, 0.25) is 0 Å². The summed E-state index contributed by atoms with van der Waals surface area (Å²) >= 11 is 5.89. The fraction of sp³-hybridized carbons (Fsp3) is 0.250. The first-order valence-electron chi connectivity index (χ1n) is 8.55. The van der Waals surface area contributed by atoms with Gasteiger partial charge in [0.15, 0.2) is 11.5 Å². The molecule has 0 fully saturated rings. The predicted octanol–water partition coefficient (Wildman–Crippen LogP) is 3.27. The monoisotopic (exact) mass is 402 g/mol. The smallest absolute Gasteiger partial charge is 0.306 e. The molecule has 0 aliphatic carbocycles. The molecule has 0 atom stereocenters. The second kappa shape index (κ2) is 8.75. The van der Waals surface area contributed by atoms with Gasteiger partial charge in [0.1, 0.15) is 12.4 Å². The first-order valence-corrected chi connectivity index (χ1v) is 8.93. The molecule has 0 amide bonds. The van der Waals surface area contributed by atoms with Gasteiger partial charge in [0.25, 0.3) is 5.56 Å². The van der Waals surface area contributed by atoms with E-state index in [1.165, 1.54) is 0 Å². The summed E-state index contributed by atoms with van der Waals surface area (Å²) in [7, 11) is 3.11. The maximum absolute atomic E-state index is 12.1. The van der Waals surface area contributed by atoms with Gasteiger partial charge >= 0.3 is 5.97 Å². The molecule has 0 saturated carbocycles. The van der Waals surface area contributed by atoms with Crippen molar-refractivity contribution in [3.8, 4) is 11.5 Å². The third-order valence-corrected chi connectivity index (χ3v) is 4.40. The van der Waals surface area contributed by atoms with Crippen LogP contribution in [0.5, 0.6) is 11.5 Å². The lowest BCUT2D eigenvalue weighted by atomic mass is 10.1. The summed E-state index contributed by atoms with van der Waals surface area (Å²) in [6.07, 6.45) is 0.580. The first-order chi connectivity index (χ1) is 13.5. The molecule has 1 aromatic heterocycles. The molecule has 0 unspecified atom stereocenters. The lowest BCUT2D eigenvalue weighted by Crippen LogP contribution is -2.14. The fourth-order valence-corrected chi connectivity index (χ4v) is 3.01. The number of halogens is 1. The summed E-state index contributed by atoms with van der Waals surface area (Å²) in [6, 6.07) is 10.3. The van der Waals surface area contributed by atoms with Gasteiger partial charge < -0.3 is 19.2 Å². The molecule has 0 bridgehead atoms. The normalized spacial score (nSPS) is 10.7. The lowest BCUT2D eigenvalue weighted by molar-refractivity contribution is -0.145. The van der Waals surface area contributed by atoms with Gasteiger partial charge in [-0.1, -0.05) is 23.7 Å². The highest BCUT2D eigenvalue weighted by Crippen LogP contribution is 2.31. The summed E-state index contributed by atoms with van der Waals surface area (Å²) < 4.78 is 15.8. The summed E-state index contributed by atoms with van der Waals surface area (Å²) in [5.74, 6) is 1.05. The Morgan fingerprint density at radius 2 is 2.00 bits per heavy atom. The number of hydrogen-bond donors (Lipinski definition) is 1. The molecule has 0 spiro atoms. The number of H-pyrrole nitrogens is 1. The second-order valence-corrected chi connectivity index (χ2v) is 6.42. The van der Waals surface area contributed by atoms with Gasteiger partial charge in [-0.15, -0.1) is 0 Å². The van der Waals surface area contributed by atoms with E-state index in [-0.39, 0.29) is 24.4 Å². The Morgan fingerprint density at radius 3 is 2.75 bits per heavy atom. The van der Waals surface area contributed by atoms with Crippen molar-refractivity contribution in [2.24, 2.45) is 0 Å². The van der Waals surface area contributed by atoms with E-state index in [4.69, 9.17) is 25.8 Å². The molecule has 8 heteroatoms. The van der Waals surface area contributed by atoms with E-state index in [9.17, 15) is 9.59 Å². The molecular formula is C20H19ClN2O5. The van der Waals surface area contributed by atoms with Crippen molar-refractivity contribution in [2.75, 3.05) is 14.2 Å². The molecule has 28 heavy (non-hydrogen) atoms. The number of nitrogens with one attached hydrogen (secondary N) is 1. The third-order valence-electron chi connectivity index (χ3n) is 4.17. The zero-order valence-corrected chi connectivity index (χ0v) is 16.2. The van der Waals surface area contributed by atoms with Crippen LogP contribution in [-0.4, -0.2) is 30.2 Å². The van der Waals surface area contributed by atoms with Gasteiger partial charge in [-0.25, -0.2) is 4.98 Å². The number of aromatic nitrogens is 2. The molecule has 0 saturated heterocycles. The van der Waals surface area contributed by atoms with Crippen LogP contribution in [0.2, 0.25) is 5.02 Å². The van der Waals surface area contributed by atoms with Crippen molar-refractivity contribution in [1.29, 1.82) is 0 Å². The van der Waals surface area contributed by atoms with Crippen molar-refractivity contribution < 1.29 is 19.0 Å². The average Bonchev–Trinajstić information content (AvgIpc) is 2.70. The highest BCUT2D eigenvalue weighted by atomic mass is 35.5. The number of rotatable bonds is 7. The number of para-hydroxylation sites is 1. The Kier molecular flexibility index (Phi) is 6.16. The molecule has 1 heterocycles. The minimum atomic E-state index is -0.413. The number of esters is 1. The number of benzene rings is 2. The first kappa shape index (κ1) is 19.7. The highest BCUT2D eigenvalue weighted by molar-refractivity contribution is 6.31. The number of fused-ring (bicyclic) bond motifs is 1. The van der Waals surface area contributed by atoms with E-state index in [0.717, 1.165) is 5.56 Å². The van der Waals surface area contributed by atoms with Crippen LogP contribution in [-0.2, 0) is 22.6 Å². The van der Waals surface area contributed by atoms with Gasteiger partial charge in [0, 0.05) is 11.4 Å². The van der Waals surface area contributed by atoms with Crippen LogP contribution < -0.4 is 15.0 Å². The fourth-order valence-electron chi connectivity index (χ4n) is 2.84. The number of carbonyl (C=O) groups is 1. The van der Waals surface area contributed by atoms with Crippen LogP contribution in [0, 0.1) is 0 Å². The average molecular weight is 403 g/mol. The molecule has 3 aromatic rings. The maximum Gasteiger partial charge on any atom is 0.306 e. The maximum atomic E-state index is 12.1. The molecule has 0 aliphatic heterocycles. The quantitative estimate of drug-likeness (QED) is 0.610. The number of hydrogen-bond acceptors (Lipinski definition) is 6. The van der Waals surface area contributed by atoms with Crippen LogP contribution >= 0.6 is 11.6 Å². The summed E-state index contributed by atoms with van der Waals surface area (Å²) in [5.41, 5.74) is 0.993. The van der Waals surface area contributed by atoms with Gasteiger partial charge in [-0.2, -0.15) is 0 Å². The number of methoxy groups -OCH3 is 2. The summed E-state index contributed by atoms with van der Waals surface area (Å²) in [5, 5.41) is 0.833. The zero-order chi connectivity index (χ0) is 20.1. The van der Waals surface area contributed by atoms with E-state index in [0.29, 0.717) is 33.8 Å². The van der Waals surface area contributed by atoms with Crippen molar-refractivity contribution >= 4 is 28.5 Å². The van der Waals surface area contributed by atoms with Crippen LogP contribution in [0.1, 0.15) is 17.8 Å². The highest BCUT2D eigenvalue weighted by Gasteiger charge is 2.13. The lowest BCUT2D eigenvalue weighted by Gasteiger charge is -2.12. The Morgan fingerprint density at radius 1 is 1.18 bits per heavy atom. The number of aromatic amines is 1. The molecule has 7 nitrogen and oxygen atoms in total. The van der Waals surface area contributed by atoms with Crippen molar-refractivity contribution in [3.63, 3.8) is 0 Å². The SMILES string of the molecule is COc1cccc(CCC(=O)OCc2nc3ccc(Cl)cc3c(=O)[nH]2)c1OC. The standard InChI is InChI=1S/C20H19ClN2O5/c1-26-16-5-3-4-12(19(16)27-2)6-9-18(24)28-11-17-22-15-8-7-13(21)10-14(15)20(25)23-17/h3-5,7-8,10H,6,9,11H2,1-2H3,(H,22,23,25). The van der Waals surface area contributed by atoms with Crippen LogP contribution in [0.25, 0.3) is 10.9 Å². The Balaban J connectivity index is 1.63.